The van der Waals surface area contributed by atoms with Crippen LogP contribution in [0.5, 0.6) is 0 Å². The molecule has 5 heteroatoms. The van der Waals surface area contributed by atoms with Crippen LogP contribution in [0.4, 0.5) is 5.69 Å². The van der Waals surface area contributed by atoms with Gasteiger partial charge in [-0.05, 0) is 49.6 Å². The lowest BCUT2D eigenvalue weighted by Crippen LogP contribution is -2.49. The Morgan fingerprint density at radius 1 is 1.07 bits per heavy atom. The molecular formula is C23H23N3O2. The van der Waals surface area contributed by atoms with Crippen LogP contribution in [0.25, 0.3) is 10.9 Å². The number of hydrogen-bond acceptors (Lipinski definition) is 2. The van der Waals surface area contributed by atoms with Crippen molar-refractivity contribution in [2.75, 3.05) is 25.0 Å². The van der Waals surface area contributed by atoms with E-state index in [-0.39, 0.29) is 11.8 Å². The number of likely N-dealkylation sites (N-methyl/N-ethyl adjacent to an activating group) is 1. The van der Waals surface area contributed by atoms with Crippen molar-refractivity contribution in [3.63, 3.8) is 0 Å². The number of hydrogen-bond donors (Lipinski definition) is 1. The highest BCUT2D eigenvalue weighted by Crippen LogP contribution is 2.47. The Balaban J connectivity index is 1.40. The number of carbonyl (C=O) groups is 2. The molecule has 1 spiro atoms. The molecule has 0 unspecified atom stereocenters. The number of anilines is 1. The summed E-state index contributed by atoms with van der Waals surface area (Å²) in [5.41, 5.74) is 4.39. The molecule has 3 aromatic rings. The summed E-state index contributed by atoms with van der Waals surface area (Å²) >= 11 is 0. The van der Waals surface area contributed by atoms with E-state index >= 15 is 0 Å². The van der Waals surface area contributed by atoms with Crippen LogP contribution in [-0.2, 0) is 10.2 Å². The molecule has 0 aliphatic carbocycles. The maximum absolute atomic E-state index is 13.1. The van der Waals surface area contributed by atoms with Gasteiger partial charge in [-0.1, -0.05) is 29.8 Å². The molecule has 0 atom stereocenters. The first-order chi connectivity index (χ1) is 13.5. The van der Waals surface area contributed by atoms with Gasteiger partial charge in [-0.15, -0.1) is 0 Å². The number of amides is 2. The average molecular weight is 373 g/mol. The summed E-state index contributed by atoms with van der Waals surface area (Å²) in [7, 11) is 1.85. The zero-order chi connectivity index (χ0) is 19.5. The number of aromatic nitrogens is 1. The van der Waals surface area contributed by atoms with Crippen molar-refractivity contribution in [1.29, 1.82) is 0 Å². The Labute approximate surface area is 163 Å². The van der Waals surface area contributed by atoms with Gasteiger partial charge in [0.15, 0.2) is 0 Å². The van der Waals surface area contributed by atoms with Gasteiger partial charge in [-0.25, -0.2) is 0 Å². The molecule has 3 heterocycles. The highest BCUT2D eigenvalue weighted by Gasteiger charge is 2.51. The van der Waals surface area contributed by atoms with Crippen LogP contribution in [0.1, 0.15) is 34.5 Å². The largest absolute Gasteiger partial charge is 0.351 e. The van der Waals surface area contributed by atoms with Crippen molar-refractivity contribution < 1.29 is 9.59 Å². The normalized spacial score (nSPS) is 18.1. The average Bonchev–Trinajstić information content (AvgIpc) is 3.22. The molecule has 1 aromatic heterocycles. The van der Waals surface area contributed by atoms with Crippen molar-refractivity contribution in [3.05, 3.63) is 65.4 Å². The number of fused-ring (bicyclic) bond motifs is 3. The third kappa shape index (κ3) is 2.32. The van der Waals surface area contributed by atoms with Gasteiger partial charge >= 0.3 is 0 Å². The van der Waals surface area contributed by atoms with E-state index in [0.29, 0.717) is 31.6 Å². The molecule has 1 saturated heterocycles. The second-order valence-corrected chi connectivity index (χ2v) is 8.03. The number of likely N-dealkylation sites (tertiary alicyclic amines) is 1. The van der Waals surface area contributed by atoms with Crippen LogP contribution >= 0.6 is 0 Å². The summed E-state index contributed by atoms with van der Waals surface area (Å²) in [5, 5.41) is 1.05. The second kappa shape index (κ2) is 5.96. The van der Waals surface area contributed by atoms with Gasteiger partial charge in [0.2, 0.25) is 5.91 Å². The molecule has 1 N–H and O–H groups in total. The van der Waals surface area contributed by atoms with Crippen LogP contribution in [-0.4, -0.2) is 41.8 Å². The second-order valence-electron chi connectivity index (χ2n) is 8.03. The zero-order valence-corrected chi connectivity index (χ0v) is 16.2. The predicted octanol–water partition coefficient (Wildman–Crippen LogP) is 3.63. The van der Waals surface area contributed by atoms with E-state index in [0.717, 1.165) is 22.2 Å². The molecule has 28 heavy (non-hydrogen) atoms. The molecule has 1 fully saturated rings. The highest BCUT2D eigenvalue weighted by molar-refractivity contribution is 6.08. The lowest BCUT2D eigenvalue weighted by molar-refractivity contribution is -0.124. The summed E-state index contributed by atoms with van der Waals surface area (Å²) in [6.45, 7) is 3.22. The molecule has 2 aliphatic heterocycles. The molecule has 0 saturated carbocycles. The Morgan fingerprint density at radius 2 is 1.82 bits per heavy atom. The maximum Gasteiger partial charge on any atom is 0.270 e. The number of rotatable bonds is 1. The monoisotopic (exact) mass is 373 g/mol. The van der Waals surface area contributed by atoms with Crippen LogP contribution in [0, 0.1) is 6.92 Å². The summed E-state index contributed by atoms with van der Waals surface area (Å²) in [6.07, 6.45) is 1.33. The Kier molecular flexibility index (Phi) is 3.63. The van der Waals surface area contributed by atoms with Crippen LogP contribution in [0.3, 0.4) is 0 Å². The number of aryl methyl sites for hydroxylation is 1. The number of nitrogens with one attached hydrogen (secondary N) is 1. The molecule has 2 aromatic carbocycles. The smallest absolute Gasteiger partial charge is 0.270 e. The van der Waals surface area contributed by atoms with Gasteiger partial charge in [-0.3, -0.25) is 9.59 Å². The summed E-state index contributed by atoms with van der Waals surface area (Å²) in [5.74, 6) is 0.165. The molecule has 5 nitrogen and oxygen atoms in total. The van der Waals surface area contributed by atoms with Crippen molar-refractivity contribution in [1.82, 2.24) is 9.88 Å². The van der Waals surface area contributed by atoms with Gasteiger partial charge in [0.05, 0.1) is 5.41 Å². The van der Waals surface area contributed by atoms with E-state index in [9.17, 15) is 9.59 Å². The van der Waals surface area contributed by atoms with E-state index in [1.54, 1.807) is 4.90 Å². The van der Waals surface area contributed by atoms with Gasteiger partial charge in [0.1, 0.15) is 5.69 Å². The SMILES string of the molecule is Cc1ccc2[nH]c(C(=O)N3CCC4(CC3)C(=O)N(C)c3ccccc34)cc2c1. The van der Waals surface area contributed by atoms with Gasteiger partial charge in [0.25, 0.3) is 5.91 Å². The van der Waals surface area contributed by atoms with E-state index in [4.69, 9.17) is 0 Å². The van der Waals surface area contributed by atoms with Crippen LogP contribution in [0.2, 0.25) is 0 Å². The van der Waals surface area contributed by atoms with Gasteiger partial charge in [0, 0.05) is 36.7 Å². The first-order valence-electron chi connectivity index (χ1n) is 9.76. The number of benzene rings is 2. The third-order valence-electron chi connectivity index (χ3n) is 6.41. The first-order valence-corrected chi connectivity index (χ1v) is 9.76. The molecule has 0 radical (unpaired) electrons. The molecule has 2 amide bonds. The number of H-pyrrole nitrogens is 1. The number of carbonyl (C=O) groups excluding carboxylic acids is 2. The van der Waals surface area contributed by atoms with Crippen LogP contribution in [0.15, 0.2) is 48.5 Å². The molecule has 5 rings (SSSR count). The Bertz CT molecular complexity index is 1110. The van der Waals surface area contributed by atoms with Crippen molar-refractivity contribution in [2.45, 2.75) is 25.2 Å². The van der Waals surface area contributed by atoms with Gasteiger partial charge < -0.3 is 14.8 Å². The number of aromatic amines is 1. The fraction of sp³-hybridized carbons (Fsp3) is 0.304. The highest BCUT2D eigenvalue weighted by atomic mass is 16.2. The van der Waals surface area contributed by atoms with E-state index in [1.807, 2.05) is 55.3 Å². The standard InChI is InChI=1S/C23H23N3O2/c1-15-7-8-18-16(13-15)14-19(24-18)21(27)26-11-9-23(10-12-26)17-5-3-4-6-20(17)25(2)22(23)28/h3-8,13-14,24H,9-12H2,1-2H3. The fourth-order valence-electron chi connectivity index (χ4n) is 4.83. The lowest BCUT2D eigenvalue weighted by Gasteiger charge is -2.38. The predicted molar refractivity (Wildman–Crippen MR) is 110 cm³/mol. The Morgan fingerprint density at radius 3 is 2.61 bits per heavy atom. The van der Waals surface area contributed by atoms with Crippen LogP contribution < -0.4 is 4.90 Å². The minimum atomic E-state index is -0.486. The lowest BCUT2D eigenvalue weighted by atomic mass is 9.73. The first kappa shape index (κ1) is 17.0. The van der Waals surface area contributed by atoms with Crippen molar-refractivity contribution >= 4 is 28.4 Å². The van der Waals surface area contributed by atoms with E-state index in [1.165, 1.54) is 5.56 Å². The van der Waals surface area contributed by atoms with Crippen molar-refractivity contribution in [3.8, 4) is 0 Å². The zero-order valence-electron chi connectivity index (χ0n) is 16.2. The van der Waals surface area contributed by atoms with E-state index in [2.05, 4.69) is 17.1 Å². The van der Waals surface area contributed by atoms with Gasteiger partial charge in [-0.2, -0.15) is 0 Å². The summed E-state index contributed by atoms with van der Waals surface area (Å²) in [4.78, 5) is 33.0. The number of para-hydroxylation sites is 1. The quantitative estimate of drug-likeness (QED) is 0.708. The Hall–Kier alpha value is -3.08. The topological polar surface area (TPSA) is 56.4 Å². The minimum absolute atomic E-state index is 0.00999. The summed E-state index contributed by atoms with van der Waals surface area (Å²) < 4.78 is 0. The third-order valence-corrected chi connectivity index (χ3v) is 6.41. The van der Waals surface area contributed by atoms with E-state index < -0.39 is 5.41 Å². The maximum atomic E-state index is 13.1. The number of piperidine rings is 1. The summed E-state index contributed by atoms with van der Waals surface area (Å²) in [6, 6.07) is 16.1. The molecular weight excluding hydrogens is 350 g/mol. The molecule has 0 bridgehead atoms. The fourth-order valence-corrected chi connectivity index (χ4v) is 4.83. The molecule has 2 aliphatic rings. The van der Waals surface area contributed by atoms with Crippen molar-refractivity contribution in [2.24, 2.45) is 0 Å². The number of nitrogens with zero attached hydrogens (tertiary/aromatic N) is 2. The molecule has 142 valence electrons. The minimum Gasteiger partial charge on any atom is -0.351 e.